The zero-order valence-electron chi connectivity index (χ0n) is 28.7. The van der Waals surface area contributed by atoms with Gasteiger partial charge in [0.25, 0.3) is 0 Å². The SMILES string of the molecule is c1ccc2cc(-c3ccc(-c4ccc(-c5ccc6ccc7cccc8ccc5c6c78)c5c4oc4c6ccccc6ccc45)c4ccccc34)ccc2c1. The van der Waals surface area contributed by atoms with Crippen molar-refractivity contribution >= 4 is 86.6 Å². The highest BCUT2D eigenvalue weighted by Gasteiger charge is 2.22. The Morgan fingerprint density at radius 2 is 0.774 bits per heavy atom. The Bertz CT molecular complexity index is 3440. The van der Waals surface area contributed by atoms with Gasteiger partial charge in [0.2, 0.25) is 0 Å². The van der Waals surface area contributed by atoms with E-state index >= 15 is 0 Å². The molecule has 12 aromatic rings. The van der Waals surface area contributed by atoms with Crippen LogP contribution in [0.5, 0.6) is 0 Å². The lowest BCUT2D eigenvalue weighted by Gasteiger charge is -2.16. The summed E-state index contributed by atoms with van der Waals surface area (Å²) in [7, 11) is 0. The van der Waals surface area contributed by atoms with Crippen LogP contribution in [0.1, 0.15) is 0 Å². The van der Waals surface area contributed by atoms with Crippen molar-refractivity contribution in [2.24, 2.45) is 0 Å². The summed E-state index contributed by atoms with van der Waals surface area (Å²) in [6.07, 6.45) is 0. The van der Waals surface area contributed by atoms with Crippen LogP contribution in [0, 0.1) is 0 Å². The second-order valence-corrected chi connectivity index (χ2v) is 14.4. The fourth-order valence-electron chi connectivity index (χ4n) is 9.16. The van der Waals surface area contributed by atoms with Crippen molar-refractivity contribution in [3.63, 3.8) is 0 Å². The highest BCUT2D eigenvalue weighted by Crippen LogP contribution is 2.48. The largest absolute Gasteiger partial charge is 0.455 e. The van der Waals surface area contributed by atoms with Crippen LogP contribution in [0.3, 0.4) is 0 Å². The molecule has 1 heterocycles. The first-order valence-corrected chi connectivity index (χ1v) is 18.3. The third-order valence-electron chi connectivity index (χ3n) is 11.6. The van der Waals surface area contributed by atoms with Crippen molar-refractivity contribution in [1.82, 2.24) is 0 Å². The highest BCUT2D eigenvalue weighted by molar-refractivity contribution is 6.28. The highest BCUT2D eigenvalue weighted by atomic mass is 16.3. The second kappa shape index (κ2) is 10.8. The molecule has 0 aliphatic carbocycles. The average molecular weight is 671 g/mol. The summed E-state index contributed by atoms with van der Waals surface area (Å²) in [4.78, 5) is 0. The fraction of sp³-hybridized carbons (Fsp3) is 0. The molecule has 0 aliphatic heterocycles. The van der Waals surface area contributed by atoms with Gasteiger partial charge >= 0.3 is 0 Å². The Kier molecular flexibility index (Phi) is 5.84. The number of benzene rings is 11. The van der Waals surface area contributed by atoms with Crippen LogP contribution in [0.15, 0.2) is 186 Å². The minimum Gasteiger partial charge on any atom is -0.455 e. The van der Waals surface area contributed by atoms with Gasteiger partial charge in [-0.25, -0.2) is 0 Å². The molecule has 0 aliphatic rings. The topological polar surface area (TPSA) is 13.1 Å². The molecule has 12 rings (SSSR count). The van der Waals surface area contributed by atoms with Gasteiger partial charge in [-0.05, 0) is 105 Å². The van der Waals surface area contributed by atoms with Crippen molar-refractivity contribution in [3.8, 4) is 33.4 Å². The lowest BCUT2D eigenvalue weighted by atomic mass is 9.86. The van der Waals surface area contributed by atoms with E-state index in [0.29, 0.717) is 0 Å². The lowest BCUT2D eigenvalue weighted by molar-refractivity contribution is 0.674. The van der Waals surface area contributed by atoms with Crippen molar-refractivity contribution in [2.45, 2.75) is 0 Å². The Balaban J connectivity index is 1.16. The summed E-state index contributed by atoms with van der Waals surface area (Å²) in [5.41, 5.74) is 8.98. The van der Waals surface area contributed by atoms with E-state index in [1.807, 2.05) is 0 Å². The van der Waals surface area contributed by atoms with E-state index in [-0.39, 0.29) is 0 Å². The Hall–Kier alpha value is -6.96. The Morgan fingerprint density at radius 1 is 0.245 bits per heavy atom. The van der Waals surface area contributed by atoms with E-state index < -0.39 is 0 Å². The van der Waals surface area contributed by atoms with E-state index in [1.165, 1.54) is 87.1 Å². The molecule has 0 spiro atoms. The molecule has 0 unspecified atom stereocenters. The third kappa shape index (κ3) is 4.08. The maximum Gasteiger partial charge on any atom is 0.143 e. The quantitative estimate of drug-likeness (QED) is 0.171. The van der Waals surface area contributed by atoms with Gasteiger partial charge in [0.15, 0.2) is 0 Å². The third-order valence-corrected chi connectivity index (χ3v) is 11.6. The predicted molar refractivity (Wildman–Crippen MR) is 226 cm³/mol. The smallest absolute Gasteiger partial charge is 0.143 e. The monoisotopic (exact) mass is 670 g/mol. The summed E-state index contributed by atoms with van der Waals surface area (Å²) in [5.74, 6) is 0. The second-order valence-electron chi connectivity index (χ2n) is 14.4. The van der Waals surface area contributed by atoms with Gasteiger partial charge in [-0.3, -0.25) is 0 Å². The molecule has 0 saturated heterocycles. The van der Waals surface area contributed by atoms with Gasteiger partial charge in [-0.15, -0.1) is 0 Å². The maximum absolute atomic E-state index is 7.15. The van der Waals surface area contributed by atoms with Crippen molar-refractivity contribution in [2.75, 3.05) is 0 Å². The molecule has 0 radical (unpaired) electrons. The molecular formula is C52H30O. The minimum atomic E-state index is 0.920. The molecule has 0 fully saturated rings. The van der Waals surface area contributed by atoms with E-state index in [0.717, 1.165) is 32.9 Å². The van der Waals surface area contributed by atoms with Crippen LogP contribution >= 0.6 is 0 Å². The van der Waals surface area contributed by atoms with E-state index in [9.17, 15) is 0 Å². The van der Waals surface area contributed by atoms with Crippen LogP contribution in [0.4, 0.5) is 0 Å². The first-order chi connectivity index (χ1) is 26.3. The van der Waals surface area contributed by atoms with Gasteiger partial charge in [0, 0.05) is 21.7 Å². The van der Waals surface area contributed by atoms with E-state index in [4.69, 9.17) is 4.42 Å². The van der Waals surface area contributed by atoms with Crippen LogP contribution < -0.4 is 0 Å². The van der Waals surface area contributed by atoms with Gasteiger partial charge in [-0.2, -0.15) is 0 Å². The summed E-state index contributed by atoms with van der Waals surface area (Å²) in [6.45, 7) is 0. The van der Waals surface area contributed by atoms with Crippen LogP contribution in [0.25, 0.3) is 120 Å². The number of rotatable bonds is 3. The molecule has 1 aromatic heterocycles. The molecule has 0 N–H and O–H groups in total. The van der Waals surface area contributed by atoms with Gasteiger partial charge in [-0.1, -0.05) is 164 Å². The Morgan fingerprint density at radius 3 is 1.62 bits per heavy atom. The first-order valence-electron chi connectivity index (χ1n) is 18.3. The number of fused-ring (bicyclic) bond motifs is 7. The summed E-state index contributed by atoms with van der Waals surface area (Å²) >= 11 is 0. The van der Waals surface area contributed by atoms with Crippen LogP contribution in [-0.4, -0.2) is 0 Å². The zero-order chi connectivity index (χ0) is 34.6. The van der Waals surface area contributed by atoms with Crippen molar-refractivity contribution in [1.29, 1.82) is 0 Å². The molecule has 1 heteroatoms. The van der Waals surface area contributed by atoms with Crippen LogP contribution in [0.2, 0.25) is 0 Å². The first kappa shape index (κ1) is 28.7. The summed E-state index contributed by atoms with van der Waals surface area (Å²) in [5, 5.41) is 17.3. The molecular weight excluding hydrogens is 641 g/mol. The van der Waals surface area contributed by atoms with Gasteiger partial charge in [0.05, 0.1) is 0 Å². The molecule has 0 saturated carbocycles. The molecule has 0 bridgehead atoms. The zero-order valence-corrected chi connectivity index (χ0v) is 28.7. The summed E-state index contributed by atoms with van der Waals surface area (Å²) in [6, 6.07) is 66.8. The summed E-state index contributed by atoms with van der Waals surface area (Å²) < 4.78 is 7.15. The molecule has 244 valence electrons. The predicted octanol–water partition coefficient (Wildman–Crippen LogP) is 14.9. The molecule has 0 amide bonds. The molecule has 0 atom stereocenters. The van der Waals surface area contributed by atoms with E-state index in [2.05, 4.69) is 182 Å². The molecule has 53 heavy (non-hydrogen) atoms. The van der Waals surface area contributed by atoms with E-state index in [1.54, 1.807) is 0 Å². The normalized spacial score (nSPS) is 12.2. The van der Waals surface area contributed by atoms with Crippen LogP contribution in [-0.2, 0) is 0 Å². The maximum atomic E-state index is 7.15. The number of hydrogen-bond acceptors (Lipinski definition) is 1. The molecule has 11 aromatic carbocycles. The lowest BCUT2D eigenvalue weighted by Crippen LogP contribution is -1.90. The van der Waals surface area contributed by atoms with Crippen molar-refractivity contribution < 1.29 is 4.42 Å². The minimum absolute atomic E-state index is 0.920. The van der Waals surface area contributed by atoms with Gasteiger partial charge in [0.1, 0.15) is 11.2 Å². The fourth-order valence-corrected chi connectivity index (χ4v) is 9.16. The number of hydrogen-bond donors (Lipinski definition) is 0. The number of furan rings is 1. The van der Waals surface area contributed by atoms with Crippen molar-refractivity contribution in [3.05, 3.63) is 182 Å². The Labute approximate surface area is 305 Å². The standard InChI is InChI=1S/C52H30O/c1-2-10-36-30-37(19-16-31(36)8-1)38-26-27-42(41-15-6-5-14-40(38)41)46-29-28-45(50-47-25-20-32-9-3-4-13-39(32)51(47)53-52(46)50)43-23-21-35-18-17-33-11-7-12-34-22-24-44(43)49(35)48(33)34/h1-30H. The van der Waals surface area contributed by atoms with Gasteiger partial charge < -0.3 is 4.42 Å². The average Bonchev–Trinajstić information content (AvgIpc) is 3.63. The molecule has 1 nitrogen and oxygen atoms in total.